The van der Waals surface area contributed by atoms with Gasteiger partial charge in [-0.2, -0.15) is 0 Å². The van der Waals surface area contributed by atoms with Crippen LogP contribution in [0.1, 0.15) is 6.42 Å². The topological polar surface area (TPSA) is 102 Å². The molecule has 0 saturated carbocycles. The Morgan fingerprint density at radius 1 is 1.20 bits per heavy atom. The molecule has 1 saturated heterocycles. The maximum Gasteiger partial charge on any atom is 0.307 e. The van der Waals surface area contributed by atoms with Gasteiger partial charge in [-0.05, 0) is 24.3 Å². The summed E-state index contributed by atoms with van der Waals surface area (Å²) in [6.45, 7) is 1.38. The van der Waals surface area contributed by atoms with E-state index < -0.39 is 16.0 Å². The average Bonchev–Trinajstić information content (AvgIpc) is 2.60. The zero-order chi connectivity index (χ0) is 18.3. The van der Waals surface area contributed by atoms with Crippen LogP contribution in [0.2, 0.25) is 5.02 Å². The molecular weight excluding hydrogens is 372 g/mol. The molecule has 0 bridgehead atoms. The summed E-state index contributed by atoms with van der Waals surface area (Å²) in [5.41, 5.74) is 0. The third-order valence-corrected chi connectivity index (χ3v) is 5.19. The highest BCUT2D eigenvalue weighted by atomic mass is 35.5. The number of carbonyl (C=O) groups is 2. The van der Waals surface area contributed by atoms with Crippen molar-refractivity contribution in [2.75, 3.05) is 39.5 Å². The molecule has 1 aliphatic heterocycles. The lowest BCUT2D eigenvalue weighted by molar-refractivity contribution is -0.153. The number of nitrogens with one attached hydrogen (secondary N) is 1. The molecule has 0 unspecified atom stereocenters. The predicted octanol–water partition coefficient (Wildman–Crippen LogP) is 0.410. The molecule has 1 N–H and O–H groups in total. The Balaban J connectivity index is 1.71. The van der Waals surface area contributed by atoms with E-state index in [4.69, 9.17) is 21.1 Å². The number of morpholine rings is 1. The molecule has 1 aromatic rings. The highest BCUT2D eigenvalue weighted by Crippen LogP contribution is 2.13. The van der Waals surface area contributed by atoms with Crippen molar-refractivity contribution in [1.29, 1.82) is 0 Å². The third-order valence-electron chi connectivity index (χ3n) is 3.47. The quantitative estimate of drug-likeness (QED) is 0.676. The number of halogens is 1. The summed E-state index contributed by atoms with van der Waals surface area (Å²) in [5, 5.41) is 0.424. The van der Waals surface area contributed by atoms with Crippen LogP contribution in [-0.2, 0) is 29.1 Å². The summed E-state index contributed by atoms with van der Waals surface area (Å²) in [6, 6.07) is 5.65. The first kappa shape index (κ1) is 19.6. The minimum absolute atomic E-state index is 0.0489. The predicted molar refractivity (Wildman–Crippen MR) is 89.6 cm³/mol. The Bertz CT molecular complexity index is 701. The number of hydrogen-bond acceptors (Lipinski definition) is 6. The molecule has 1 heterocycles. The van der Waals surface area contributed by atoms with E-state index in [-0.39, 0.29) is 30.4 Å². The van der Waals surface area contributed by atoms with E-state index in [1.54, 1.807) is 4.90 Å². The highest BCUT2D eigenvalue weighted by Gasteiger charge is 2.19. The maximum absolute atomic E-state index is 12.0. The van der Waals surface area contributed by atoms with Crippen LogP contribution in [0, 0.1) is 0 Å². The minimum atomic E-state index is -3.73. The second kappa shape index (κ2) is 9.14. The molecule has 138 valence electrons. The van der Waals surface area contributed by atoms with Crippen molar-refractivity contribution in [3.8, 4) is 0 Å². The molecular formula is C15H19ClN2O6S. The number of amides is 1. The molecule has 8 nitrogen and oxygen atoms in total. The highest BCUT2D eigenvalue weighted by molar-refractivity contribution is 7.89. The fourth-order valence-corrected chi connectivity index (χ4v) is 3.26. The van der Waals surface area contributed by atoms with Gasteiger partial charge in [0.25, 0.3) is 5.91 Å². The summed E-state index contributed by atoms with van der Waals surface area (Å²) < 4.78 is 36.3. The van der Waals surface area contributed by atoms with Crippen molar-refractivity contribution in [3.63, 3.8) is 0 Å². The molecule has 1 aromatic carbocycles. The fourth-order valence-electron chi connectivity index (χ4n) is 2.10. The number of benzene rings is 1. The van der Waals surface area contributed by atoms with E-state index in [1.807, 2.05) is 0 Å². The van der Waals surface area contributed by atoms with Crippen LogP contribution in [0.5, 0.6) is 0 Å². The van der Waals surface area contributed by atoms with Gasteiger partial charge in [0, 0.05) is 24.7 Å². The first-order chi connectivity index (χ1) is 11.9. The Labute approximate surface area is 151 Å². The number of rotatable bonds is 7. The summed E-state index contributed by atoms with van der Waals surface area (Å²) >= 11 is 5.71. The average molecular weight is 391 g/mol. The normalized spacial score (nSPS) is 15.0. The van der Waals surface area contributed by atoms with E-state index in [2.05, 4.69) is 4.72 Å². The molecule has 0 radical (unpaired) electrons. The van der Waals surface area contributed by atoms with Crippen molar-refractivity contribution in [2.45, 2.75) is 11.3 Å². The van der Waals surface area contributed by atoms with Crippen LogP contribution < -0.4 is 4.72 Å². The lowest BCUT2D eigenvalue weighted by Crippen LogP contribution is -2.42. The number of carbonyl (C=O) groups excluding carboxylic acids is 2. The zero-order valence-corrected chi connectivity index (χ0v) is 15.0. The van der Waals surface area contributed by atoms with Gasteiger partial charge < -0.3 is 14.4 Å². The minimum Gasteiger partial charge on any atom is -0.456 e. The summed E-state index contributed by atoms with van der Waals surface area (Å²) in [4.78, 5) is 25.1. The molecule has 1 fully saturated rings. The number of ether oxygens (including phenoxy) is 2. The van der Waals surface area contributed by atoms with Gasteiger partial charge in [-0.1, -0.05) is 11.6 Å². The maximum atomic E-state index is 12.0. The van der Waals surface area contributed by atoms with E-state index >= 15 is 0 Å². The number of hydrogen-bond donors (Lipinski definition) is 1. The van der Waals surface area contributed by atoms with Crippen molar-refractivity contribution < 1.29 is 27.5 Å². The second-order valence-electron chi connectivity index (χ2n) is 5.26. The third kappa shape index (κ3) is 6.28. The Morgan fingerprint density at radius 3 is 2.48 bits per heavy atom. The molecule has 0 aromatic heterocycles. The Kier molecular flexibility index (Phi) is 7.18. The number of esters is 1. The van der Waals surface area contributed by atoms with Gasteiger partial charge >= 0.3 is 5.97 Å². The van der Waals surface area contributed by atoms with Crippen LogP contribution in [0.15, 0.2) is 29.2 Å². The number of sulfonamides is 1. The zero-order valence-electron chi connectivity index (χ0n) is 13.4. The number of nitrogens with zero attached hydrogens (tertiary/aromatic N) is 1. The summed E-state index contributed by atoms with van der Waals surface area (Å²) in [5.74, 6) is -0.946. The van der Waals surface area contributed by atoms with Gasteiger partial charge in [-0.25, -0.2) is 13.1 Å². The standard InChI is InChI=1S/C15H19ClN2O6S/c16-12-1-3-13(4-2-12)25(21,22)17-6-5-15(20)24-11-14(19)18-7-9-23-10-8-18/h1-4,17H,5-11H2. The summed E-state index contributed by atoms with van der Waals surface area (Å²) in [7, 11) is -3.73. The van der Waals surface area contributed by atoms with Crippen molar-refractivity contribution in [2.24, 2.45) is 0 Å². The van der Waals surface area contributed by atoms with Crippen LogP contribution in [0.3, 0.4) is 0 Å². The lowest BCUT2D eigenvalue weighted by Gasteiger charge is -2.26. The van der Waals surface area contributed by atoms with E-state index in [9.17, 15) is 18.0 Å². The Morgan fingerprint density at radius 2 is 1.84 bits per heavy atom. The molecule has 10 heteroatoms. The van der Waals surface area contributed by atoms with Crippen LogP contribution >= 0.6 is 11.6 Å². The fraction of sp³-hybridized carbons (Fsp3) is 0.467. The van der Waals surface area contributed by atoms with E-state index in [0.29, 0.717) is 31.3 Å². The van der Waals surface area contributed by atoms with Gasteiger partial charge in [0.15, 0.2) is 6.61 Å². The largest absolute Gasteiger partial charge is 0.456 e. The molecule has 0 atom stereocenters. The molecule has 0 aliphatic carbocycles. The molecule has 25 heavy (non-hydrogen) atoms. The van der Waals surface area contributed by atoms with E-state index in [0.717, 1.165) is 0 Å². The summed E-state index contributed by atoms with van der Waals surface area (Å²) in [6.07, 6.45) is -0.177. The van der Waals surface area contributed by atoms with Gasteiger partial charge in [-0.15, -0.1) is 0 Å². The lowest BCUT2D eigenvalue weighted by atomic mass is 10.4. The Hall–Kier alpha value is -1.68. The van der Waals surface area contributed by atoms with Crippen molar-refractivity contribution >= 4 is 33.5 Å². The SMILES string of the molecule is O=C(CCNS(=O)(=O)c1ccc(Cl)cc1)OCC(=O)N1CCOCC1. The monoisotopic (exact) mass is 390 g/mol. The smallest absolute Gasteiger partial charge is 0.307 e. The molecule has 1 aliphatic rings. The molecule has 1 amide bonds. The van der Waals surface area contributed by atoms with Crippen LogP contribution in [-0.4, -0.2) is 64.6 Å². The van der Waals surface area contributed by atoms with Gasteiger partial charge in [-0.3, -0.25) is 9.59 Å². The first-order valence-corrected chi connectivity index (χ1v) is 9.51. The van der Waals surface area contributed by atoms with Crippen molar-refractivity contribution in [1.82, 2.24) is 9.62 Å². The van der Waals surface area contributed by atoms with Crippen molar-refractivity contribution in [3.05, 3.63) is 29.3 Å². The molecule has 0 spiro atoms. The first-order valence-electron chi connectivity index (χ1n) is 7.65. The van der Waals surface area contributed by atoms with Gasteiger partial charge in [0.2, 0.25) is 10.0 Å². The molecule has 2 rings (SSSR count). The van der Waals surface area contributed by atoms with Gasteiger partial charge in [0.1, 0.15) is 0 Å². The van der Waals surface area contributed by atoms with Crippen LogP contribution in [0.4, 0.5) is 0 Å². The second-order valence-corrected chi connectivity index (χ2v) is 7.46. The van der Waals surface area contributed by atoms with E-state index in [1.165, 1.54) is 24.3 Å². The van der Waals surface area contributed by atoms with Gasteiger partial charge in [0.05, 0.1) is 24.5 Å². The van der Waals surface area contributed by atoms with Crippen LogP contribution in [0.25, 0.3) is 0 Å².